The van der Waals surface area contributed by atoms with Gasteiger partial charge in [0, 0.05) is 13.2 Å². The number of nitrogens with zero attached hydrogens (tertiary/aromatic N) is 1. The molecule has 6 nitrogen and oxygen atoms in total. The molecular formula is C18H30N2O4S. The topological polar surface area (TPSA) is 75.7 Å². The largest absolute Gasteiger partial charge is 0.379 e. The van der Waals surface area contributed by atoms with Crippen LogP contribution in [0.1, 0.15) is 45.6 Å². The summed E-state index contributed by atoms with van der Waals surface area (Å²) in [5, 5.41) is 2.75. The number of para-hydroxylation sites is 1. The van der Waals surface area contributed by atoms with Crippen LogP contribution in [0, 0.1) is 0 Å². The van der Waals surface area contributed by atoms with Crippen LogP contribution < -0.4 is 9.62 Å². The van der Waals surface area contributed by atoms with E-state index in [1.807, 2.05) is 39.8 Å². The SMILES string of the molecule is CC(C)OCCCNC(=O)CN(c1ccccc1C(C)C)S(C)(=O)=O. The Labute approximate surface area is 151 Å². The maximum absolute atomic E-state index is 12.2. The van der Waals surface area contributed by atoms with Crippen LogP contribution >= 0.6 is 0 Å². The van der Waals surface area contributed by atoms with E-state index in [0.717, 1.165) is 11.8 Å². The van der Waals surface area contributed by atoms with Crippen molar-refractivity contribution in [3.05, 3.63) is 29.8 Å². The summed E-state index contributed by atoms with van der Waals surface area (Å²) in [5.74, 6) is -0.176. The van der Waals surface area contributed by atoms with Gasteiger partial charge in [0.2, 0.25) is 15.9 Å². The molecule has 0 bridgehead atoms. The van der Waals surface area contributed by atoms with Gasteiger partial charge < -0.3 is 10.1 Å². The molecule has 0 unspecified atom stereocenters. The van der Waals surface area contributed by atoms with Crippen LogP contribution in [0.25, 0.3) is 0 Å². The van der Waals surface area contributed by atoms with Gasteiger partial charge in [0.25, 0.3) is 0 Å². The molecule has 1 rings (SSSR count). The molecule has 0 saturated heterocycles. The van der Waals surface area contributed by atoms with Crippen LogP contribution in [-0.4, -0.2) is 46.4 Å². The van der Waals surface area contributed by atoms with Gasteiger partial charge in [0.05, 0.1) is 18.0 Å². The third-order valence-corrected chi connectivity index (χ3v) is 4.74. The van der Waals surface area contributed by atoms with Gasteiger partial charge in [-0.25, -0.2) is 8.42 Å². The van der Waals surface area contributed by atoms with Gasteiger partial charge in [-0.1, -0.05) is 32.0 Å². The van der Waals surface area contributed by atoms with Crippen molar-refractivity contribution in [2.75, 3.05) is 30.3 Å². The van der Waals surface area contributed by atoms with Crippen LogP contribution in [0.5, 0.6) is 0 Å². The first kappa shape index (κ1) is 21.4. The summed E-state index contributed by atoms with van der Waals surface area (Å²) in [6.45, 7) is 8.68. The average Bonchev–Trinajstić information content (AvgIpc) is 2.50. The standard InChI is InChI=1S/C18H30N2O4S/c1-14(2)16-9-6-7-10-17(16)20(25(5,22)23)13-18(21)19-11-8-12-24-15(3)4/h6-7,9-10,14-15H,8,11-13H2,1-5H3,(H,19,21). The van der Waals surface area contributed by atoms with E-state index in [-0.39, 0.29) is 24.5 Å². The predicted octanol–water partition coefficient (Wildman–Crippen LogP) is 2.51. The van der Waals surface area contributed by atoms with Gasteiger partial charge in [-0.05, 0) is 37.8 Å². The predicted molar refractivity (Wildman–Crippen MR) is 101 cm³/mol. The van der Waals surface area contributed by atoms with Crippen LogP contribution in [0.2, 0.25) is 0 Å². The highest BCUT2D eigenvalue weighted by Gasteiger charge is 2.23. The number of hydrogen-bond donors (Lipinski definition) is 1. The Morgan fingerprint density at radius 2 is 1.84 bits per heavy atom. The average molecular weight is 371 g/mol. The lowest BCUT2D eigenvalue weighted by molar-refractivity contribution is -0.119. The van der Waals surface area contributed by atoms with Gasteiger partial charge in [-0.15, -0.1) is 0 Å². The van der Waals surface area contributed by atoms with E-state index in [0.29, 0.717) is 25.3 Å². The summed E-state index contributed by atoms with van der Waals surface area (Å²) in [6.07, 6.45) is 1.96. The molecule has 0 radical (unpaired) electrons. The number of hydrogen-bond acceptors (Lipinski definition) is 4. The lowest BCUT2D eigenvalue weighted by Crippen LogP contribution is -2.41. The quantitative estimate of drug-likeness (QED) is 0.642. The van der Waals surface area contributed by atoms with Gasteiger partial charge in [0.15, 0.2) is 0 Å². The minimum atomic E-state index is -3.57. The summed E-state index contributed by atoms with van der Waals surface area (Å²) in [6, 6.07) is 7.27. The first-order valence-corrected chi connectivity index (χ1v) is 10.4. The number of ether oxygens (including phenoxy) is 1. The van der Waals surface area contributed by atoms with E-state index >= 15 is 0 Å². The number of nitrogens with one attached hydrogen (secondary N) is 1. The lowest BCUT2D eigenvalue weighted by atomic mass is 10.0. The second-order valence-corrected chi connectivity index (χ2v) is 8.51. The summed E-state index contributed by atoms with van der Waals surface area (Å²) in [4.78, 5) is 12.2. The molecule has 25 heavy (non-hydrogen) atoms. The molecule has 1 N–H and O–H groups in total. The second-order valence-electron chi connectivity index (χ2n) is 6.61. The summed E-state index contributed by atoms with van der Waals surface area (Å²) in [5.41, 5.74) is 1.45. The highest BCUT2D eigenvalue weighted by molar-refractivity contribution is 7.92. The van der Waals surface area contributed by atoms with Crippen LogP contribution in [-0.2, 0) is 19.6 Å². The van der Waals surface area contributed by atoms with Crippen LogP contribution in [0.4, 0.5) is 5.69 Å². The molecule has 142 valence electrons. The zero-order chi connectivity index (χ0) is 19.0. The fourth-order valence-corrected chi connectivity index (χ4v) is 3.26. The Kier molecular flexibility index (Phi) is 8.38. The fourth-order valence-electron chi connectivity index (χ4n) is 2.39. The second kappa shape index (κ2) is 9.77. The smallest absolute Gasteiger partial charge is 0.240 e. The Morgan fingerprint density at radius 3 is 2.40 bits per heavy atom. The van der Waals surface area contributed by atoms with E-state index in [1.165, 1.54) is 4.31 Å². The first-order chi connectivity index (χ1) is 11.6. The highest BCUT2D eigenvalue weighted by Crippen LogP contribution is 2.28. The number of sulfonamides is 1. The van der Waals surface area contributed by atoms with Crippen molar-refractivity contribution in [1.29, 1.82) is 0 Å². The van der Waals surface area contributed by atoms with Crippen molar-refractivity contribution in [1.82, 2.24) is 5.32 Å². The number of carbonyl (C=O) groups is 1. The van der Waals surface area contributed by atoms with Crippen molar-refractivity contribution < 1.29 is 17.9 Å². The van der Waals surface area contributed by atoms with Gasteiger partial charge in [-0.3, -0.25) is 9.10 Å². The minimum Gasteiger partial charge on any atom is -0.379 e. The molecule has 1 aromatic rings. The summed E-state index contributed by atoms with van der Waals surface area (Å²) in [7, 11) is -3.57. The molecule has 0 aromatic heterocycles. The maximum atomic E-state index is 12.2. The zero-order valence-corrected chi connectivity index (χ0v) is 16.6. The number of anilines is 1. The van der Waals surface area contributed by atoms with E-state index in [9.17, 15) is 13.2 Å². The van der Waals surface area contributed by atoms with Crippen LogP contribution in [0.15, 0.2) is 24.3 Å². The Balaban J connectivity index is 2.78. The van der Waals surface area contributed by atoms with Crippen LogP contribution in [0.3, 0.4) is 0 Å². The fraction of sp³-hybridized carbons (Fsp3) is 0.611. The molecule has 0 heterocycles. The van der Waals surface area contributed by atoms with Crippen molar-refractivity contribution in [2.45, 2.75) is 46.1 Å². The third-order valence-electron chi connectivity index (χ3n) is 3.61. The number of benzene rings is 1. The Hall–Kier alpha value is -1.60. The van der Waals surface area contributed by atoms with Gasteiger partial charge in [-0.2, -0.15) is 0 Å². The van der Waals surface area contributed by atoms with E-state index < -0.39 is 10.0 Å². The molecule has 0 aliphatic heterocycles. The molecule has 0 aliphatic rings. The van der Waals surface area contributed by atoms with E-state index in [2.05, 4.69) is 5.32 Å². The van der Waals surface area contributed by atoms with Gasteiger partial charge >= 0.3 is 0 Å². The molecule has 0 fully saturated rings. The number of amides is 1. The maximum Gasteiger partial charge on any atom is 0.240 e. The Morgan fingerprint density at radius 1 is 1.20 bits per heavy atom. The zero-order valence-electron chi connectivity index (χ0n) is 15.8. The molecule has 1 amide bonds. The first-order valence-electron chi connectivity index (χ1n) is 8.58. The summed E-state index contributed by atoms with van der Waals surface area (Å²) >= 11 is 0. The molecule has 1 aromatic carbocycles. The van der Waals surface area contributed by atoms with Gasteiger partial charge in [0.1, 0.15) is 6.54 Å². The monoisotopic (exact) mass is 370 g/mol. The van der Waals surface area contributed by atoms with Crippen molar-refractivity contribution in [3.8, 4) is 0 Å². The van der Waals surface area contributed by atoms with Crippen molar-refractivity contribution in [3.63, 3.8) is 0 Å². The van der Waals surface area contributed by atoms with E-state index in [1.54, 1.807) is 12.1 Å². The molecule has 0 aliphatic carbocycles. The minimum absolute atomic E-state index is 0.150. The Bertz CT molecular complexity index is 657. The lowest BCUT2D eigenvalue weighted by Gasteiger charge is -2.25. The highest BCUT2D eigenvalue weighted by atomic mass is 32.2. The third kappa shape index (κ3) is 7.44. The van der Waals surface area contributed by atoms with E-state index in [4.69, 9.17) is 4.74 Å². The number of rotatable bonds is 10. The molecule has 0 atom stereocenters. The number of carbonyl (C=O) groups excluding carboxylic acids is 1. The molecule has 0 spiro atoms. The summed E-state index contributed by atoms with van der Waals surface area (Å²) < 4.78 is 31.0. The normalized spacial score (nSPS) is 11.8. The van der Waals surface area contributed by atoms with Crippen molar-refractivity contribution >= 4 is 21.6 Å². The molecule has 0 saturated carbocycles. The molecule has 7 heteroatoms. The van der Waals surface area contributed by atoms with Crippen molar-refractivity contribution in [2.24, 2.45) is 0 Å². The molecular weight excluding hydrogens is 340 g/mol.